The molecule has 1 atom stereocenters. The van der Waals surface area contributed by atoms with E-state index in [1.54, 1.807) is 13.4 Å². The molecule has 0 unspecified atom stereocenters. The van der Waals surface area contributed by atoms with Gasteiger partial charge in [0.25, 0.3) is 0 Å². The summed E-state index contributed by atoms with van der Waals surface area (Å²) in [7, 11) is 1.68. The number of nitrogens with one attached hydrogen (secondary N) is 1. The number of hydrogen-bond donors (Lipinski definition) is 1. The lowest BCUT2D eigenvalue weighted by atomic mass is 9.84. The highest BCUT2D eigenvalue weighted by molar-refractivity contribution is 5.93. The highest BCUT2D eigenvalue weighted by Gasteiger charge is 2.72. The number of amides is 1. The van der Waals surface area contributed by atoms with Gasteiger partial charge in [-0.05, 0) is 30.2 Å². The molecule has 1 amide bonds. The number of rotatable bonds is 8. The van der Waals surface area contributed by atoms with E-state index in [-0.39, 0.29) is 16.7 Å². The number of carbonyl (C=O) groups excluding carboxylic acids is 1. The maximum atomic E-state index is 13.3. The Bertz CT molecular complexity index is 782. The number of aromatic nitrogens is 3. The standard InChI is InChI=1S/C21H28N4O2/c1-27-14-13-25-16-23-24-18(25)9-12-22-19(26)21(17-7-3-2-4-8-17)15-20(21)10-5-6-11-20/h2-4,7-8,16H,5-6,9-15H2,1H3,(H,22,26)/t21-/m0/s1. The highest BCUT2D eigenvalue weighted by Crippen LogP contribution is 2.72. The fourth-order valence-electron chi connectivity index (χ4n) is 4.99. The lowest BCUT2D eigenvalue weighted by Crippen LogP contribution is -2.39. The lowest BCUT2D eigenvalue weighted by Gasteiger charge is -2.22. The third-order valence-corrected chi connectivity index (χ3v) is 6.46. The maximum absolute atomic E-state index is 13.3. The largest absolute Gasteiger partial charge is 0.383 e. The summed E-state index contributed by atoms with van der Waals surface area (Å²) < 4.78 is 7.11. The van der Waals surface area contributed by atoms with Crippen LogP contribution in [0.25, 0.3) is 0 Å². The second-order valence-corrected chi connectivity index (χ2v) is 7.87. The summed E-state index contributed by atoms with van der Waals surface area (Å²) >= 11 is 0. The summed E-state index contributed by atoms with van der Waals surface area (Å²) in [5.74, 6) is 1.06. The van der Waals surface area contributed by atoms with E-state index >= 15 is 0 Å². The third kappa shape index (κ3) is 3.16. The molecule has 1 heterocycles. The van der Waals surface area contributed by atoms with Gasteiger partial charge in [-0.1, -0.05) is 43.2 Å². The predicted octanol–water partition coefficient (Wildman–Crippen LogP) is 2.49. The van der Waals surface area contributed by atoms with Crippen LogP contribution in [-0.4, -0.2) is 40.9 Å². The van der Waals surface area contributed by atoms with Crippen LogP contribution in [0, 0.1) is 5.41 Å². The molecule has 0 radical (unpaired) electrons. The monoisotopic (exact) mass is 368 g/mol. The fourth-order valence-corrected chi connectivity index (χ4v) is 4.99. The molecule has 27 heavy (non-hydrogen) atoms. The van der Waals surface area contributed by atoms with Gasteiger partial charge < -0.3 is 14.6 Å². The van der Waals surface area contributed by atoms with Gasteiger partial charge in [0.05, 0.1) is 12.0 Å². The van der Waals surface area contributed by atoms with Crippen LogP contribution < -0.4 is 5.32 Å². The Morgan fingerprint density at radius 2 is 2.04 bits per heavy atom. The molecule has 0 bridgehead atoms. The molecule has 4 rings (SSSR count). The van der Waals surface area contributed by atoms with E-state index in [0.29, 0.717) is 19.6 Å². The van der Waals surface area contributed by atoms with E-state index in [1.807, 2.05) is 22.8 Å². The van der Waals surface area contributed by atoms with Crippen LogP contribution >= 0.6 is 0 Å². The number of ether oxygens (including phenoxy) is 1. The van der Waals surface area contributed by atoms with Crippen LogP contribution in [0.5, 0.6) is 0 Å². The Balaban J connectivity index is 1.43. The predicted molar refractivity (Wildman–Crippen MR) is 102 cm³/mol. The van der Waals surface area contributed by atoms with E-state index in [9.17, 15) is 4.79 Å². The second kappa shape index (κ2) is 7.43. The Labute approximate surface area is 160 Å². The Morgan fingerprint density at radius 1 is 1.26 bits per heavy atom. The topological polar surface area (TPSA) is 69.0 Å². The van der Waals surface area contributed by atoms with Crippen LogP contribution in [0.4, 0.5) is 0 Å². The summed E-state index contributed by atoms with van der Waals surface area (Å²) in [6.07, 6.45) is 8.19. The normalized spacial score (nSPS) is 22.9. The average Bonchev–Trinajstić information content (AvgIpc) is 3.00. The van der Waals surface area contributed by atoms with Crippen molar-refractivity contribution in [1.29, 1.82) is 0 Å². The van der Waals surface area contributed by atoms with Crippen LogP contribution in [0.2, 0.25) is 0 Å². The lowest BCUT2D eigenvalue weighted by molar-refractivity contribution is -0.124. The Morgan fingerprint density at radius 3 is 2.78 bits per heavy atom. The number of methoxy groups -OCH3 is 1. The fraction of sp³-hybridized carbons (Fsp3) is 0.571. The maximum Gasteiger partial charge on any atom is 0.231 e. The zero-order valence-corrected chi connectivity index (χ0v) is 16.0. The van der Waals surface area contributed by atoms with Crippen LogP contribution in [0.3, 0.4) is 0 Å². The molecule has 0 aliphatic heterocycles. The average molecular weight is 368 g/mol. The minimum atomic E-state index is -0.339. The number of benzene rings is 1. The van der Waals surface area contributed by atoms with Gasteiger partial charge in [0.1, 0.15) is 12.2 Å². The van der Waals surface area contributed by atoms with Crippen molar-refractivity contribution in [3.05, 3.63) is 48.0 Å². The quantitative estimate of drug-likeness (QED) is 0.777. The first-order valence-corrected chi connectivity index (χ1v) is 9.91. The second-order valence-electron chi connectivity index (χ2n) is 7.87. The zero-order valence-electron chi connectivity index (χ0n) is 16.0. The number of hydrogen-bond acceptors (Lipinski definition) is 4. The zero-order chi connectivity index (χ0) is 18.7. The molecular formula is C21H28N4O2. The van der Waals surface area contributed by atoms with Gasteiger partial charge in [0.2, 0.25) is 5.91 Å². The first-order chi connectivity index (χ1) is 13.2. The molecule has 6 heteroatoms. The first-order valence-electron chi connectivity index (χ1n) is 9.91. The van der Waals surface area contributed by atoms with Gasteiger partial charge in [0, 0.05) is 26.6 Å². The molecule has 2 fully saturated rings. The third-order valence-electron chi connectivity index (χ3n) is 6.46. The molecular weight excluding hydrogens is 340 g/mol. The van der Waals surface area contributed by atoms with E-state index in [4.69, 9.17) is 4.74 Å². The van der Waals surface area contributed by atoms with E-state index in [1.165, 1.54) is 31.2 Å². The van der Waals surface area contributed by atoms with Crippen LogP contribution in [0.1, 0.15) is 43.5 Å². The van der Waals surface area contributed by atoms with Crippen molar-refractivity contribution in [2.45, 2.75) is 50.5 Å². The number of carbonyl (C=O) groups is 1. The summed E-state index contributed by atoms with van der Waals surface area (Å²) in [6.45, 7) is 1.93. The van der Waals surface area contributed by atoms with Gasteiger partial charge in [-0.2, -0.15) is 0 Å². The molecule has 2 aromatic rings. The van der Waals surface area contributed by atoms with Crippen molar-refractivity contribution in [3.8, 4) is 0 Å². The molecule has 2 saturated carbocycles. The van der Waals surface area contributed by atoms with Gasteiger partial charge in [-0.25, -0.2) is 0 Å². The van der Waals surface area contributed by atoms with Gasteiger partial charge >= 0.3 is 0 Å². The van der Waals surface area contributed by atoms with Crippen molar-refractivity contribution < 1.29 is 9.53 Å². The molecule has 0 saturated heterocycles. The van der Waals surface area contributed by atoms with E-state index < -0.39 is 0 Å². The smallest absolute Gasteiger partial charge is 0.231 e. The molecule has 2 aliphatic carbocycles. The summed E-state index contributed by atoms with van der Waals surface area (Å²) in [6, 6.07) is 10.3. The molecule has 1 aromatic carbocycles. The molecule has 6 nitrogen and oxygen atoms in total. The van der Waals surface area contributed by atoms with E-state index in [2.05, 4.69) is 27.6 Å². The molecule has 1 aromatic heterocycles. The van der Waals surface area contributed by atoms with Crippen molar-refractivity contribution >= 4 is 5.91 Å². The van der Waals surface area contributed by atoms with Crippen molar-refractivity contribution in [3.63, 3.8) is 0 Å². The molecule has 144 valence electrons. The van der Waals surface area contributed by atoms with Gasteiger partial charge in [-0.15, -0.1) is 10.2 Å². The Kier molecular flexibility index (Phi) is 5.00. The highest BCUT2D eigenvalue weighted by atomic mass is 16.5. The first kappa shape index (κ1) is 18.2. The summed E-state index contributed by atoms with van der Waals surface area (Å²) in [4.78, 5) is 13.3. The van der Waals surface area contributed by atoms with Gasteiger partial charge in [0.15, 0.2) is 0 Å². The molecule has 1 spiro atoms. The van der Waals surface area contributed by atoms with Crippen molar-refractivity contribution in [1.82, 2.24) is 20.1 Å². The summed E-state index contributed by atoms with van der Waals surface area (Å²) in [5.41, 5.74) is 1.01. The summed E-state index contributed by atoms with van der Waals surface area (Å²) in [5, 5.41) is 11.4. The van der Waals surface area contributed by atoms with Crippen LogP contribution in [-0.2, 0) is 27.9 Å². The Hall–Kier alpha value is -2.21. The van der Waals surface area contributed by atoms with Crippen molar-refractivity contribution in [2.24, 2.45) is 5.41 Å². The van der Waals surface area contributed by atoms with E-state index in [0.717, 1.165) is 18.8 Å². The SMILES string of the molecule is COCCn1cnnc1CCNC(=O)[C@@]1(c2ccccc2)CC12CCCC2. The number of nitrogens with zero attached hydrogens (tertiary/aromatic N) is 3. The van der Waals surface area contributed by atoms with Gasteiger partial charge in [-0.3, -0.25) is 4.79 Å². The molecule has 1 N–H and O–H groups in total. The van der Waals surface area contributed by atoms with Crippen LogP contribution in [0.15, 0.2) is 36.7 Å². The molecule has 2 aliphatic rings. The van der Waals surface area contributed by atoms with Crippen molar-refractivity contribution in [2.75, 3.05) is 20.3 Å². The minimum Gasteiger partial charge on any atom is -0.383 e. The minimum absolute atomic E-state index is 0.178.